The highest BCUT2D eigenvalue weighted by molar-refractivity contribution is 8.18. The van der Waals surface area contributed by atoms with Crippen molar-refractivity contribution in [2.45, 2.75) is 6.61 Å². The molecule has 0 bridgehead atoms. The fourth-order valence-corrected chi connectivity index (χ4v) is 3.32. The van der Waals surface area contributed by atoms with Crippen LogP contribution >= 0.6 is 11.8 Å². The second-order valence-electron chi connectivity index (χ2n) is 6.44. The van der Waals surface area contributed by atoms with Crippen LogP contribution in [-0.2, 0) is 20.9 Å². The molecule has 2 N–H and O–H groups in total. The molecule has 3 rings (SSSR count). The third kappa shape index (κ3) is 6.43. The summed E-state index contributed by atoms with van der Waals surface area (Å²) in [6.07, 6.45) is 2.55. The topological polar surface area (TPSA) is 136 Å². The van der Waals surface area contributed by atoms with Crippen molar-refractivity contribution < 1.29 is 33.7 Å². The summed E-state index contributed by atoms with van der Waals surface area (Å²) in [7, 11) is 2.73. The Morgan fingerprint density at radius 1 is 1.12 bits per heavy atom. The Hall–Kier alpha value is -4.12. The van der Waals surface area contributed by atoms with Gasteiger partial charge in [-0.1, -0.05) is 12.1 Å². The first-order valence-corrected chi connectivity index (χ1v) is 10.2. The second kappa shape index (κ2) is 11.0. The number of hydrogen-bond donors (Lipinski definition) is 2. The smallest absolute Gasteiger partial charge is 0.335 e. The first kappa shape index (κ1) is 23.5. The van der Waals surface area contributed by atoms with Crippen LogP contribution in [0.3, 0.4) is 0 Å². The van der Waals surface area contributed by atoms with E-state index in [0.717, 1.165) is 23.4 Å². The van der Waals surface area contributed by atoms with E-state index in [0.29, 0.717) is 17.1 Å². The van der Waals surface area contributed by atoms with Gasteiger partial charge in [-0.3, -0.25) is 10.1 Å². The number of esters is 1. The fourth-order valence-electron chi connectivity index (χ4n) is 2.58. The summed E-state index contributed by atoms with van der Waals surface area (Å²) < 4.78 is 15.6. The van der Waals surface area contributed by atoms with E-state index in [1.165, 1.54) is 32.6 Å². The molecule has 0 saturated carbocycles. The van der Waals surface area contributed by atoms with E-state index >= 15 is 0 Å². The van der Waals surface area contributed by atoms with E-state index in [1.807, 2.05) is 0 Å². The van der Waals surface area contributed by atoms with Crippen LogP contribution in [0, 0.1) is 0 Å². The van der Waals surface area contributed by atoms with Gasteiger partial charge in [0.1, 0.15) is 6.61 Å². The van der Waals surface area contributed by atoms with E-state index in [9.17, 15) is 14.4 Å². The second-order valence-corrected chi connectivity index (χ2v) is 7.47. The van der Waals surface area contributed by atoms with Crippen LogP contribution < -0.4 is 14.8 Å². The van der Waals surface area contributed by atoms with Gasteiger partial charge in [0.2, 0.25) is 0 Å². The number of benzene rings is 2. The Kier molecular flexibility index (Phi) is 7.82. The molecule has 0 unspecified atom stereocenters. The number of hydrogen-bond acceptors (Lipinski definition) is 9. The Balaban J connectivity index is 1.63. The molecule has 1 amide bonds. The molecule has 1 aliphatic rings. The molecular formula is C22H19N3O7S. The predicted octanol–water partition coefficient (Wildman–Crippen LogP) is 2.58. The lowest BCUT2D eigenvalue weighted by atomic mass is 10.1. The molecule has 0 aliphatic carbocycles. The van der Waals surface area contributed by atoms with E-state index in [1.54, 1.807) is 30.3 Å². The number of carbonyl (C=O) groups excluding carboxylic acids is 2. The summed E-state index contributed by atoms with van der Waals surface area (Å²) in [6, 6.07) is 11.6. The first-order valence-electron chi connectivity index (χ1n) is 9.42. The number of rotatable bonds is 8. The standard InChI is InChI=1S/C22H19N3O7S/c1-30-17-9-14(11-23-25-22-24-20(27)18(33-22)10-19(26)31-2)5-8-16(17)32-12-13-3-6-15(7-4-13)21(28)29/h3-11H,12H2,1-2H3,(H,28,29)(H,24,25,27)/b18-10+,23-11?. The van der Waals surface area contributed by atoms with Crippen LogP contribution in [0.5, 0.6) is 11.5 Å². The van der Waals surface area contributed by atoms with Gasteiger partial charge in [-0.15, -0.1) is 5.10 Å². The third-order valence-corrected chi connectivity index (χ3v) is 5.14. The Morgan fingerprint density at radius 3 is 2.55 bits per heavy atom. The summed E-state index contributed by atoms with van der Waals surface area (Å²) in [6.45, 7) is 0.232. The van der Waals surface area contributed by atoms with Gasteiger partial charge >= 0.3 is 11.9 Å². The minimum Gasteiger partial charge on any atom is -0.493 e. The monoisotopic (exact) mass is 469 g/mol. The van der Waals surface area contributed by atoms with Crippen LogP contribution in [0.25, 0.3) is 0 Å². The number of carboxylic acid groups (broad SMARTS) is 1. The number of amides is 1. The number of carbonyl (C=O) groups is 3. The van der Waals surface area contributed by atoms with Crippen molar-refractivity contribution in [1.82, 2.24) is 5.32 Å². The molecule has 1 aliphatic heterocycles. The van der Waals surface area contributed by atoms with Crippen molar-refractivity contribution in [1.29, 1.82) is 0 Å². The molecule has 2 aromatic carbocycles. The molecule has 170 valence electrons. The van der Waals surface area contributed by atoms with E-state index in [2.05, 4.69) is 20.3 Å². The molecule has 33 heavy (non-hydrogen) atoms. The van der Waals surface area contributed by atoms with Crippen LogP contribution in [0.1, 0.15) is 21.5 Å². The van der Waals surface area contributed by atoms with Gasteiger partial charge in [-0.2, -0.15) is 5.10 Å². The van der Waals surface area contributed by atoms with Crippen molar-refractivity contribution in [2.75, 3.05) is 14.2 Å². The largest absolute Gasteiger partial charge is 0.493 e. The number of aromatic carboxylic acids is 1. The maximum absolute atomic E-state index is 11.8. The Bertz CT molecular complexity index is 1160. The van der Waals surface area contributed by atoms with E-state index in [4.69, 9.17) is 14.6 Å². The van der Waals surface area contributed by atoms with Crippen LogP contribution in [0.15, 0.2) is 63.6 Å². The number of ether oxygens (including phenoxy) is 3. The molecule has 10 nitrogen and oxygen atoms in total. The molecule has 1 saturated heterocycles. The zero-order valence-electron chi connectivity index (χ0n) is 17.6. The lowest BCUT2D eigenvalue weighted by Crippen LogP contribution is -2.19. The van der Waals surface area contributed by atoms with E-state index < -0.39 is 17.8 Å². The number of methoxy groups -OCH3 is 2. The highest BCUT2D eigenvalue weighted by Crippen LogP contribution is 2.28. The normalized spacial score (nSPS) is 15.6. The SMILES string of the molecule is COC(=O)/C=C1/S/C(=N\N=Cc2ccc(OCc3ccc(C(=O)O)cc3)c(OC)c2)NC1=O. The van der Waals surface area contributed by atoms with E-state index in [-0.39, 0.29) is 22.2 Å². The summed E-state index contributed by atoms with van der Waals surface area (Å²) in [5.41, 5.74) is 1.68. The minimum atomic E-state index is -0.987. The highest BCUT2D eigenvalue weighted by Gasteiger charge is 2.25. The van der Waals surface area contributed by atoms with Gasteiger partial charge in [-0.05, 0) is 53.2 Å². The zero-order valence-corrected chi connectivity index (χ0v) is 18.4. The molecule has 1 heterocycles. The third-order valence-electron chi connectivity index (χ3n) is 4.24. The van der Waals surface area contributed by atoms with Gasteiger partial charge in [0.05, 0.1) is 30.9 Å². The number of nitrogens with zero attached hydrogens (tertiary/aromatic N) is 2. The first-order chi connectivity index (χ1) is 15.9. The lowest BCUT2D eigenvalue weighted by molar-refractivity contribution is -0.135. The zero-order chi connectivity index (χ0) is 23.8. The van der Waals surface area contributed by atoms with Crippen molar-refractivity contribution >= 4 is 41.0 Å². The van der Waals surface area contributed by atoms with Crippen LogP contribution in [0.4, 0.5) is 0 Å². The predicted molar refractivity (Wildman–Crippen MR) is 122 cm³/mol. The van der Waals surface area contributed by atoms with Gasteiger partial charge in [0.25, 0.3) is 5.91 Å². The van der Waals surface area contributed by atoms with Crippen LogP contribution in [-0.4, -0.2) is 48.6 Å². The molecule has 11 heteroatoms. The summed E-state index contributed by atoms with van der Waals surface area (Å²) in [5, 5.41) is 19.6. The fraction of sp³-hybridized carbons (Fsp3) is 0.136. The number of nitrogens with one attached hydrogen (secondary N) is 1. The Morgan fingerprint density at radius 2 is 1.88 bits per heavy atom. The molecule has 0 aromatic heterocycles. The summed E-state index contributed by atoms with van der Waals surface area (Å²) >= 11 is 0.973. The maximum atomic E-state index is 11.8. The van der Waals surface area contributed by atoms with Gasteiger partial charge < -0.3 is 19.3 Å². The number of carboxylic acids is 1. The quantitative estimate of drug-likeness (QED) is 0.261. The van der Waals surface area contributed by atoms with Crippen LogP contribution in [0.2, 0.25) is 0 Å². The molecule has 2 aromatic rings. The summed E-state index contributed by atoms with van der Waals surface area (Å²) in [5.74, 6) is -1.11. The van der Waals surface area contributed by atoms with Gasteiger partial charge in [-0.25, -0.2) is 9.59 Å². The van der Waals surface area contributed by atoms with Crippen molar-refractivity contribution in [3.8, 4) is 11.5 Å². The van der Waals surface area contributed by atoms with Gasteiger partial charge in [0, 0.05) is 6.08 Å². The van der Waals surface area contributed by atoms with Gasteiger partial charge in [0.15, 0.2) is 16.7 Å². The average molecular weight is 469 g/mol. The van der Waals surface area contributed by atoms with Crippen molar-refractivity contribution in [3.63, 3.8) is 0 Å². The van der Waals surface area contributed by atoms with Crippen molar-refractivity contribution in [3.05, 3.63) is 70.1 Å². The Labute approximate surface area is 192 Å². The minimum absolute atomic E-state index is 0.163. The maximum Gasteiger partial charge on any atom is 0.335 e. The molecule has 0 radical (unpaired) electrons. The summed E-state index contributed by atoms with van der Waals surface area (Å²) in [4.78, 5) is 34.2. The number of amidine groups is 1. The highest BCUT2D eigenvalue weighted by atomic mass is 32.2. The average Bonchev–Trinajstić information content (AvgIpc) is 3.16. The molecule has 1 fully saturated rings. The molecule has 0 spiro atoms. The lowest BCUT2D eigenvalue weighted by Gasteiger charge is -2.11. The molecule has 0 atom stereocenters. The molecular weight excluding hydrogens is 450 g/mol. The number of thioether (sulfide) groups is 1. The van der Waals surface area contributed by atoms with Crippen molar-refractivity contribution in [2.24, 2.45) is 10.2 Å².